The van der Waals surface area contributed by atoms with E-state index < -0.39 is 17.7 Å². The van der Waals surface area contributed by atoms with Crippen LogP contribution in [0.15, 0.2) is 66.7 Å². The van der Waals surface area contributed by atoms with Crippen molar-refractivity contribution < 1.29 is 32.5 Å². The molecule has 0 radical (unpaired) electrons. The van der Waals surface area contributed by atoms with Gasteiger partial charge in [-0.25, -0.2) is 0 Å². The summed E-state index contributed by atoms with van der Waals surface area (Å²) in [5.74, 6) is 0.385. The molecule has 0 bridgehead atoms. The van der Waals surface area contributed by atoms with Crippen molar-refractivity contribution >= 4 is 22.7 Å². The Balaban J connectivity index is 1.86. The maximum Gasteiger partial charge on any atom is 0.416 e. The zero-order valence-electron chi connectivity index (χ0n) is 19.7. The number of halogens is 3. The van der Waals surface area contributed by atoms with Gasteiger partial charge >= 0.3 is 12.1 Å². The molecule has 4 rings (SSSR count). The van der Waals surface area contributed by atoms with Crippen LogP contribution in [0.25, 0.3) is 10.9 Å². The van der Waals surface area contributed by atoms with Gasteiger partial charge in [-0.1, -0.05) is 42.5 Å². The van der Waals surface area contributed by atoms with Gasteiger partial charge in [0.2, 0.25) is 0 Å². The van der Waals surface area contributed by atoms with Gasteiger partial charge in [0.15, 0.2) is 11.5 Å². The van der Waals surface area contributed by atoms with Gasteiger partial charge in [-0.2, -0.15) is 13.2 Å². The number of fused-ring (bicyclic) bond motifs is 1. The SMILES string of the molecule is COc1cc2c(CC(=O)O)c(NCc3cccc(C(F)(F)F)c3)n(Cc3ccccc3)c2cc1OC. The van der Waals surface area contributed by atoms with Crippen molar-refractivity contribution in [2.75, 3.05) is 19.5 Å². The molecule has 4 aromatic rings. The van der Waals surface area contributed by atoms with E-state index in [0.29, 0.717) is 45.9 Å². The van der Waals surface area contributed by atoms with Crippen LogP contribution in [0, 0.1) is 0 Å². The summed E-state index contributed by atoms with van der Waals surface area (Å²) in [6.07, 6.45) is -4.75. The zero-order chi connectivity index (χ0) is 25.9. The zero-order valence-corrected chi connectivity index (χ0v) is 19.7. The molecule has 0 saturated heterocycles. The molecule has 9 heteroatoms. The number of rotatable bonds is 9. The van der Waals surface area contributed by atoms with E-state index in [4.69, 9.17) is 9.47 Å². The number of methoxy groups -OCH3 is 2. The smallest absolute Gasteiger partial charge is 0.416 e. The van der Waals surface area contributed by atoms with E-state index in [2.05, 4.69) is 5.32 Å². The van der Waals surface area contributed by atoms with Crippen LogP contribution in [0.4, 0.5) is 19.0 Å². The number of hydrogen-bond acceptors (Lipinski definition) is 4. The van der Waals surface area contributed by atoms with Gasteiger partial charge < -0.3 is 24.5 Å². The number of aliphatic carboxylic acids is 1. The van der Waals surface area contributed by atoms with Crippen molar-refractivity contribution in [3.05, 3.63) is 89.0 Å². The Morgan fingerprint density at radius 2 is 1.61 bits per heavy atom. The third-order valence-corrected chi connectivity index (χ3v) is 5.90. The molecule has 0 saturated carbocycles. The first-order valence-electron chi connectivity index (χ1n) is 11.1. The number of ether oxygens (including phenoxy) is 2. The largest absolute Gasteiger partial charge is 0.493 e. The lowest BCUT2D eigenvalue weighted by Gasteiger charge is -2.15. The molecule has 3 aromatic carbocycles. The minimum Gasteiger partial charge on any atom is -0.493 e. The number of carbonyl (C=O) groups is 1. The second kappa shape index (κ2) is 10.2. The summed E-state index contributed by atoms with van der Waals surface area (Å²) >= 11 is 0. The molecule has 0 unspecified atom stereocenters. The fourth-order valence-electron chi connectivity index (χ4n) is 4.25. The minimum atomic E-state index is -4.46. The van der Waals surface area contributed by atoms with E-state index >= 15 is 0 Å². The normalized spacial score (nSPS) is 11.5. The summed E-state index contributed by atoms with van der Waals surface area (Å²) in [4.78, 5) is 11.8. The van der Waals surface area contributed by atoms with Crippen molar-refractivity contribution in [3.8, 4) is 11.5 Å². The highest BCUT2D eigenvalue weighted by Crippen LogP contribution is 2.39. The molecular weight excluding hydrogens is 473 g/mol. The van der Waals surface area contributed by atoms with E-state index in [9.17, 15) is 23.1 Å². The molecule has 0 atom stereocenters. The summed E-state index contributed by atoms with van der Waals surface area (Å²) in [6, 6.07) is 18.1. The number of aromatic nitrogens is 1. The Morgan fingerprint density at radius 3 is 2.25 bits per heavy atom. The lowest BCUT2D eigenvalue weighted by atomic mass is 10.1. The van der Waals surface area contributed by atoms with Crippen LogP contribution in [0.1, 0.15) is 22.3 Å². The van der Waals surface area contributed by atoms with Gasteiger partial charge in [0.1, 0.15) is 5.82 Å². The molecule has 36 heavy (non-hydrogen) atoms. The lowest BCUT2D eigenvalue weighted by Crippen LogP contribution is -2.12. The Bertz CT molecular complexity index is 1380. The number of hydrogen-bond donors (Lipinski definition) is 2. The molecule has 188 valence electrons. The third-order valence-electron chi connectivity index (χ3n) is 5.90. The molecular formula is C27H25F3N2O4. The van der Waals surface area contributed by atoms with Crippen LogP contribution in [0.2, 0.25) is 0 Å². The summed E-state index contributed by atoms with van der Waals surface area (Å²) < 4.78 is 52.5. The minimum absolute atomic E-state index is 0.0654. The molecule has 0 amide bonds. The average molecular weight is 499 g/mol. The molecule has 2 N–H and O–H groups in total. The number of alkyl halides is 3. The fraction of sp³-hybridized carbons (Fsp3) is 0.222. The number of benzene rings is 3. The molecule has 0 aliphatic carbocycles. The Labute approximate surface area is 205 Å². The van der Waals surface area contributed by atoms with Crippen LogP contribution in [-0.2, 0) is 30.5 Å². The maximum atomic E-state index is 13.2. The van der Waals surface area contributed by atoms with Crippen LogP contribution in [0.3, 0.4) is 0 Å². The van der Waals surface area contributed by atoms with Gasteiger partial charge in [-0.15, -0.1) is 0 Å². The summed E-state index contributed by atoms with van der Waals surface area (Å²) in [7, 11) is 3.01. The van der Waals surface area contributed by atoms with Gasteiger partial charge in [-0.3, -0.25) is 4.79 Å². The number of nitrogens with zero attached hydrogens (tertiary/aromatic N) is 1. The van der Waals surface area contributed by atoms with Crippen molar-refractivity contribution in [1.82, 2.24) is 4.57 Å². The van der Waals surface area contributed by atoms with Gasteiger partial charge in [0.25, 0.3) is 0 Å². The molecule has 0 aliphatic heterocycles. The van der Waals surface area contributed by atoms with E-state index in [1.807, 2.05) is 34.9 Å². The number of carboxylic acids is 1. The number of nitrogens with one attached hydrogen (secondary N) is 1. The molecule has 0 fully saturated rings. The first-order chi connectivity index (χ1) is 17.2. The van der Waals surface area contributed by atoms with E-state index in [1.165, 1.54) is 20.3 Å². The van der Waals surface area contributed by atoms with Gasteiger partial charge in [0.05, 0.1) is 31.7 Å². The second-order valence-corrected chi connectivity index (χ2v) is 8.25. The average Bonchev–Trinajstić information content (AvgIpc) is 3.12. The van der Waals surface area contributed by atoms with Crippen molar-refractivity contribution in [3.63, 3.8) is 0 Å². The Hall–Kier alpha value is -4.14. The van der Waals surface area contributed by atoms with E-state index in [0.717, 1.165) is 17.7 Å². The first-order valence-corrected chi connectivity index (χ1v) is 11.1. The quantitative estimate of drug-likeness (QED) is 0.298. The Morgan fingerprint density at radius 1 is 0.944 bits per heavy atom. The molecule has 1 heterocycles. The van der Waals surface area contributed by atoms with Crippen molar-refractivity contribution in [2.45, 2.75) is 25.7 Å². The topological polar surface area (TPSA) is 72.7 Å². The van der Waals surface area contributed by atoms with E-state index in [1.54, 1.807) is 18.2 Å². The van der Waals surface area contributed by atoms with Crippen LogP contribution in [0.5, 0.6) is 11.5 Å². The van der Waals surface area contributed by atoms with E-state index in [-0.39, 0.29) is 13.0 Å². The second-order valence-electron chi connectivity index (χ2n) is 8.25. The van der Waals surface area contributed by atoms with Crippen molar-refractivity contribution in [2.24, 2.45) is 0 Å². The highest BCUT2D eigenvalue weighted by molar-refractivity contribution is 5.95. The van der Waals surface area contributed by atoms with Gasteiger partial charge in [0, 0.05) is 30.1 Å². The van der Waals surface area contributed by atoms with Crippen LogP contribution >= 0.6 is 0 Å². The lowest BCUT2D eigenvalue weighted by molar-refractivity contribution is -0.138. The number of anilines is 1. The number of carboxylic acid groups (broad SMARTS) is 1. The molecule has 0 aliphatic rings. The summed E-state index contributed by atoms with van der Waals surface area (Å²) in [6.45, 7) is 0.466. The highest BCUT2D eigenvalue weighted by Gasteiger charge is 2.30. The molecule has 1 aromatic heterocycles. The molecule has 0 spiro atoms. The Kier molecular flexibility index (Phi) is 7.10. The maximum absolute atomic E-state index is 13.2. The summed E-state index contributed by atoms with van der Waals surface area (Å²) in [5, 5.41) is 13.5. The van der Waals surface area contributed by atoms with Gasteiger partial charge in [-0.05, 0) is 29.3 Å². The molecule has 6 nitrogen and oxygen atoms in total. The fourth-order valence-corrected chi connectivity index (χ4v) is 4.25. The highest BCUT2D eigenvalue weighted by atomic mass is 19.4. The third kappa shape index (κ3) is 5.25. The standard InChI is InChI=1S/C27H25F3N2O4/c1-35-23-12-20-21(13-25(33)34)26(31-15-18-9-6-10-19(11-18)27(28,29)30)32(22(20)14-24(23)36-2)16-17-7-4-3-5-8-17/h3-12,14,31H,13,15-16H2,1-2H3,(H,33,34). The van der Waals surface area contributed by atoms with Crippen LogP contribution < -0.4 is 14.8 Å². The van der Waals surface area contributed by atoms with Crippen molar-refractivity contribution in [1.29, 1.82) is 0 Å². The predicted molar refractivity (Wildman–Crippen MR) is 131 cm³/mol. The summed E-state index contributed by atoms with van der Waals surface area (Å²) in [5.41, 5.74) is 1.85. The monoisotopic (exact) mass is 498 g/mol. The van der Waals surface area contributed by atoms with Crippen LogP contribution in [-0.4, -0.2) is 29.9 Å². The first kappa shape index (κ1) is 25.0. The predicted octanol–water partition coefficient (Wildman–Crippen LogP) is 5.96.